The lowest BCUT2D eigenvalue weighted by molar-refractivity contribution is -0.132. The van der Waals surface area contributed by atoms with E-state index in [4.69, 9.17) is 0 Å². The number of hydrogen-bond donors (Lipinski definition) is 2. The third kappa shape index (κ3) is 7.53. The minimum Gasteiger partial charge on any atom is -0.340 e. The number of piperazine rings is 1. The average Bonchev–Trinajstić information content (AvgIpc) is 2.79. The van der Waals surface area contributed by atoms with Crippen molar-refractivity contribution in [2.45, 2.75) is 26.3 Å². The summed E-state index contributed by atoms with van der Waals surface area (Å²) in [5, 5.41) is 5.05. The average molecular weight is 423 g/mol. The second-order valence-electron chi connectivity index (χ2n) is 7.85. The van der Waals surface area contributed by atoms with E-state index in [0.717, 1.165) is 24.2 Å². The quantitative estimate of drug-likeness (QED) is 0.716. The summed E-state index contributed by atoms with van der Waals surface area (Å²) in [6, 6.07) is 17.1. The highest BCUT2D eigenvalue weighted by atomic mass is 16.2. The van der Waals surface area contributed by atoms with Crippen LogP contribution in [0.3, 0.4) is 0 Å². The molecule has 164 valence electrons. The summed E-state index contributed by atoms with van der Waals surface area (Å²) in [7, 11) is 0. The standard InChI is InChI=1S/C24H30N4O3/c1-19-7-9-20(10-8-19)17-23(30)28-15-13-27(14-16-28)12-11-22(29)26-24(31)25-18-21-5-3-2-4-6-21/h2-10H,11-18H2,1H3,(H2,25,26,29,31). The van der Waals surface area contributed by atoms with Crippen LogP contribution in [-0.4, -0.2) is 60.4 Å². The smallest absolute Gasteiger partial charge is 0.321 e. The van der Waals surface area contributed by atoms with E-state index in [1.54, 1.807) is 0 Å². The molecule has 0 radical (unpaired) electrons. The molecule has 31 heavy (non-hydrogen) atoms. The van der Waals surface area contributed by atoms with Crippen molar-refractivity contribution >= 4 is 17.8 Å². The molecular formula is C24H30N4O3. The van der Waals surface area contributed by atoms with Gasteiger partial charge in [0.1, 0.15) is 0 Å². The number of benzene rings is 2. The molecule has 7 heteroatoms. The maximum atomic E-state index is 12.5. The molecule has 0 unspecified atom stereocenters. The SMILES string of the molecule is Cc1ccc(CC(=O)N2CCN(CCC(=O)NC(=O)NCc3ccccc3)CC2)cc1. The minimum atomic E-state index is -0.486. The highest BCUT2D eigenvalue weighted by Crippen LogP contribution is 2.09. The second kappa shape index (κ2) is 11.3. The Bertz CT molecular complexity index is 875. The molecule has 2 N–H and O–H groups in total. The van der Waals surface area contributed by atoms with Gasteiger partial charge in [-0.05, 0) is 18.1 Å². The van der Waals surface area contributed by atoms with Crippen LogP contribution < -0.4 is 10.6 Å². The molecule has 1 fully saturated rings. The summed E-state index contributed by atoms with van der Waals surface area (Å²) >= 11 is 0. The molecule has 0 bridgehead atoms. The van der Waals surface area contributed by atoms with E-state index in [2.05, 4.69) is 15.5 Å². The van der Waals surface area contributed by atoms with Crippen LogP contribution in [0.5, 0.6) is 0 Å². The molecule has 1 aliphatic heterocycles. The molecule has 2 aromatic carbocycles. The first-order valence-electron chi connectivity index (χ1n) is 10.7. The fraction of sp³-hybridized carbons (Fsp3) is 0.375. The molecular weight excluding hydrogens is 392 g/mol. The summed E-state index contributed by atoms with van der Waals surface area (Å²) in [6.07, 6.45) is 0.664. The molecule has 0 atom stereocenters. The van der Waals surface area contributed by atoms with Crippen LogP contribution in [-0.2, 0) is 22.6 Å². The lowest BCUT2D eigenvalue weighted by Crippen LogP contribution is -2.50. The maximum Gasteiger partial charge on any atom is 0.321 e. The van der Waals surface area contributed by atoms with Crippen LogP contribution in [0.2, 0.25) is 0 Å². The molecule has 4 amide bonds. The highest BCUT2D eigenvalue weighted by Gasteiger charge is 2.21. The maximum absolute atomic E-state index is 12.5. The van der Waals surface area contributed by atoms with Gasteiger partial charge >= 0.3 is 6.03 Å². The molecule has 7 nitrogen and oxygen atoms in total. The summed E-state index contributed by atoms with van der Waals surface area (Å²) in [4.78, 5) is 40.4. The Labute approximate surface area is 183 Å². The number of aryl methyl sites for hydroxylation is 1. The van der Waals surface area contributed by atoms with Crippen molar-refractivity contribution in [3.05, 3.63) is 71.3 Å². The van der Waals surface area contributed by atoms with Crippen LogP contribution in [0.4, 0.5) is 4.79 Å². The van der Waals surface area contributed by atoms with Gasteiger partial charge < -0.3 is 10.2 Å². The number of nitrogens with one attached hydrogen (secondary N) is 2. The van der Waals surface area contributed by atoms with Crippen molar-refractivity contribution in [1.29, 1.82) is 0 Å². The summed E-state index contributed by atoms with van der Waals surface area (Å²) in [6.45, 7) is 5.74. The molecule has 0 spiro atoms. The Morgan fingerprint density at radius 2 is 1.55 bits per heavy atom. The van der Waals surface area contributed by atoms with Gasteiger partial charge in [-0.3, -0.25) is 19.8 Å². The fourth-order valence-electron chi connectivity index (χ4n) is 3.48. The molecule has 3 rings (SSSR count). The molecule has 1 aliphatic rings. The summed E-state index contributed by atoms with van der Waals surface area (Å²) < 4.78 is 0. The number of imide groups is 1. The summed E-state index contributed by atoms with van der Waals surface area (Å²) in [5.41, 5.74) is 3.18. The van der Waals surface area contributed by atoms with Crippen molar-refractivity contribution in [3.63, 3.8) is 0 Å². The predicted molar refractivity (Wildman–Crippen MR) is 119 cm³/mol. The first kappa shape index (κ1) is 22.5. The minimum absolute atomic E-state index is 0.135. The van der Waals surface area contributed by atoms with Crippen LogP contribution in [0, 0.1) is 6.92 Å². The zero-order valence-corrected chi connectivity index (χ0v) is 18.0. The third-order valence-corrected chi connectivity index (χ3v) is 5.40. The molecule has 1 saturated heterocycles. The molecule has 0 aromatic heterocycles. The largest absolute Gasteiger partial charge is 0.340 e. The van der Waals surface area contributed by atoms with Crippen molar-refractivity contribution in [2.75, 3.05) is 32.7 Å². The van der Waals surface area contributed by atoms with Crippen LogP contribution in [0.25, 0.3) is 0 Å². The lowest BCUT2D eigenvalue weighted by Gasteiger charge is -2.34. The predicted octanol–water partition coefficient (Wildman–Crippen LogP) is 2.10. The van der Waals surface area contributed by atoms with Gasteiger partial charge in [0.15, 0.2) is 0 Å². The normalized spacial score (nSPS) is 14.2. The van der Waals surface area contributed by atoms with E-state index in [1.807, 2.05) is 66.4 Å². The van der Waals surface area contributed by atoms with E-state index >= 15 is 0 Å². The van der Waals surface area contributed by atoms with Gasteiger partial charge in [-0.25, -0.2) is 4.79 Å². The van der Waals surface area contributed by atoms with Crippen molar-refractivity contribution in [3.8, 4) is 0 Å². The molecule has 0 aliphatic carbocycles. The van der Waals surface area contributed by atoms with Crippen molar-refractivity contribution < 1.29 is 14.4 Å². The Morgan fingerprint density at radius 1 is 0.871 bits per heavy atom. The number of hydrogen-bond acceptors (Lipinski definition) is 4. The Morgan fingerprint density at radius 3 is 2.23 bits per heavy atom. The van der Waals surface area contributed by atoms with Gasteiger partial charge in [0.05, 0.1) is 6.42 Å². The zero-order valence-electron chi connectivity index (χ0n) is 18.0. The van der Waals surface area contributed by atoms with Crippen molar-refractivity contribution in [1.82, 2.24) is 20.4 Å². The Kier molecular flexibility index (Phi) is 8.18. The first-order chi connectivity index (χ1) is 15.0. The number of urea groups is 1. The van der Waals surface area contributed by atoms with Gasteiger partial charge in [-0.2, -0.15) is 0 Å². The van der Waals surface area contributed by atoms with Gasteiger partial charge in [-0.15, -0.1) is 0 Å². The second-order valence-corrected chi connectivity index (χ2v) is 7.85. The fourth-order valence-corrected chi connectivity index (χ4v) is 3.48. The third-order valence-electron chi connectivity index (χ3n) is 5.40. The van der Waals surface area contributed by atoms with Crippen LogP contribution in [0.1, 0.15) is 23.1 Å². The lowest BCUT2D eigenvalue weighted by atomic mass is 10.1. The number of nitrogens with zero attached hydrogens (tertiary/aromatic N) is 2. The van der Waals surface area contributed by atoms with Crippen LogP contribution in [0.15, 0.2) is 54.6 Å². The van der Waals surface area contributed by atoms with Gasteiger partial charge in [0.25, 0.3) is 0 Å². The van der Waals surface area contributed by atoms with E-state index in [1.165, 1.54) is 5.56 Å². The molecule has 1 heterocycles. The Balaban J connectivity index is 1.31. The van der Waals surface area contributed by atoms with Gasteiger partial charge in [0.2, 0.25) is 11.8 Å². The van der Waals surface area contributed by atoms with E-state index in [9.17, 15) is 14.4 Å². The summed E-state index contributed by atoms with van der Waals surface area (Å²) in [5.74, 6) is -0.167. The zero-order chi connectivity index (χ0) is 22.1. The number of amides is 4. The van der Waals surface area contributed by atoms with Crippen molar-refractivity contribution in [2.24, 2.45) is 0 Å². The van der Waals surface area contributed by atoms with E-state index < -0.39 is 6.03 Å². The van der Waals surface area contributed by atoms with Gasteiger partial charge in [0, 0.05) is 45.7 Å². The molecule has 2 aromatic rings. The molecule has 0 saturated carbocycles. The van der Waals surface area contributed by atoms with E-state index in [-0.39, 0.29) is 18.2 Å². The Hall–Kier alpha value is -3.19. The monoisotopic (exact) mass is 422 g/mol. The van der Waals surface area contributed by atoms with Crippen LogP contribution >= 0.6 is 0 Å². The number of carbonyl (C=O) groups excluding carboxylic acids is 3. The number of rotatable bonds is 7. The van der Waals surface area contributed by atoms with Gasteiger partial charge in [-0.1, -0.05) is 60.2 Å². The first-order valence-corrected chi connectivity index (χ1v) is 10.7. The number of carbonyl (C=O) groups is 3. The highest BCUT2D eigenvalue weighted by molar-refractivity contribution is 5.94. The topological polar surface area (TPSA) is 81.8 Å². The van der Waals surface area contributed by atoms with E-state index in [0.29, 0.717) is 32.6 Å².